The number of nitrogens with one attached hydrogen (secondary N) is 1. The Bertz CT molecular complexity index is 411. The van der Waals surface area contributed by atoms with E-state index in [2.05, 4.69) is 5.32 Å². The molecule has 1 aromatic rings. The summed E-state index contributed by atoms with van der Waals surface area (Å²) < 4.78 is 19.1. The summed E-state index contributed by atoms with van der Waals surface area (Å²) in [6.45, 7) is 4.71. The van der Waals surface area contributed by atoms with Gasteiger partial charge in [0, 0.05) is 25.3 Å². The fourth-order valence-electron chi connectivity index (χ4n) is 1.88. The minimum atomic E-state index is -0.440. The molecule has 0 aliphatic rings. The minimum Gasteiger partial charge on any atom is -0.488 e. The molecule has 0 saturated heterocycles. The third-order valence-electron chi connectivity index (χ3n) is 2.87. The van der Waals surface area contributed by atoms with Crippen LogP contribution in [0.15, 0.2) is 12.1 Å². The Balaban J connectivity index is 2.52. The van der Waals surface area contributed by atoms with Crippen LogP contribution in [0.25, 0.3) is 0 Å². The molecule has 0 atom stereocenters. The van der Waals surface area contributed by atoms with Gasteiger partial charge in [-0.25, -0.2) is 4.39 Å². The van der Waals surface area contributed by atoms with Gasteiger partial charge in [-0.15, -0.1) is 0 Å². The highest BCUT2D eigenvalue weighted by Crippen LogP contribution is 2.28. The number of nitrogen functional groups attached to an aromatic ring is 1. The lowest BCUT2D eigenvalue weighted by Gasteiger charge is -2.15. The van der Waals surface area contributed by atoms with E-state index in [1.54, 1.807) is 6.07 Å². The number of aliphatic hydroxyl groups is 1. The van der Waals surface area contributed by atoms with E-state index < -0.39 is 5.82 Å². The fraction of sp³-hybridized carbons (Fsp3) is 0.600. The number of anilines is 2. The molecule has 1 rings (SSSR count). The smallest absolute Gasteiger partial charge is 0.167 e. The first-order chi connectivity index (χ1) is 9.54. The Kier molecular flexibility index (Phi) is 7.15. The lowest BCUT2D eigenvalue weighted by molar-refractivity contribution is 0.231. The summed E-state index contributed by atoms with van der Waals surface area (Å²) in [6.07, 6.45) is 3.80. The summed E-state index contributed by atoms with van der Waals surface area (Å²) >= 11 is 0. The SMILES string of the molecule is CC(C)Oc1cc(NCCCCCCO)c(N)cc1F. The first-order valence-electron chi connectivity index (χ1n) is 7.15. The topological polar surface area (TPSA) is 67.5 Å². The molecule has 1 aromatic carbocycles. The van der Waals surface area contributed by atoms with Crippen molar-refractivity contribution in [1.82, 2.24) is 0 Å². The van der Waals surface area contributed by atoms with Gasteiger partial charge in [-0.3, -0.25) is 0 Å². The van der Waals surface area contributed by atoms with Crippen LogP contribution < -0.4 is 15.8 Å². The predicted molar refractivity (Wildman–Crippen MR) is 80.6 cm³/mol. The number of aliphatic hydroxyl groups excluding tert-OH is 1. The van der Waals surface area contributed by atoms with Crippen LogP contribution in [0.5, 0.6) is 5.75 Å². The molecule has 4 nitrogen and oxygen atoms in total. The Morgan fingerprint density at radius 2 is 1.95 bits per heavy atom. The third-order valence-corrected chi connectivity index (χ3v) is 2.87. The van der Waals surface area contributed by atoms with E-state index in [4.69, 9.17) is 15.6 Å². The summed E-state index contributed by atoms with van der Waals surface area (Å²) in [6, 6.07) is 2.89. The second-order valence-electron chi connectivity index (χ2n) is 5.10. The predicted octanol–water partition coefficient (Wildman–Crippen LogP) is 3.16. The Labute approximate surface area is 120 Å². The highest BCUT2D eigenvalue weighted by molar-refractivity contribution is 5.68. The summed E-state index contributed by atoms with van der Waals surface area (Å²) in [5, 5.41) is 11.9. The molecule has 0 saturated carbocycles. The zero-order valence-corrected chi connectivity index (χ0v) is 12.3. The van der Waals surface area contributed by atoms with Crippen LogP contribution in [0.1, 0.15) is 39.5 Å². The number of nitrogens with two attached hydrogens (primary N) is 1. The number of hydrogen-bond donors (Lipinski definition) is 3. The molecular weight excluding hydrogens is 259 g/mol. The molecule has 0 fully saturated rings. The maximum atomic E-state index is 13.7. The van der Waals surface area contributed by atoms with Crippen molar-refractivity contribution in [1.29, 1.82) is 0 Å². The van der Waals surface area contributed by atoms with E-state index >= 15 is 0 Å². The molecule has 0 bridgehead atoms. The van der Waals surface area contributed by atoms with Crippen molar-refractivity contribution in [3.63, 3.8) is 0 Å². The Hall–Kier alpha value is -1.49. The van der Waals surface area contributed by atoms with Crippen molar-refractivity contribution >= 4 is 11.4 Å². The van der Waals surface area contributed by atoms with Crippen LogP contribution in [-0.4, -0.2) is 24.4 Å². The van der Waals surface area contributed by atoms with Crippen molar-refractivity contribution in [3.05, 3.63) is 17.9 Å². The monoisotopic (exact) mass is 284 g/mol. The average molecular weight is 284 g/mol. The van der Waals surface area contributed by atoms with Gasteiger partial charge in [0.1, 0.15) is 0 Å². The standard InChI is InChI=1S/C15H25FN2O2/c1-11(2)20-15-10-14(13(17)9-12(15)16)18-7-5-3-4-6-8-19/h9-11,18-19H,3-8,17H2,1-2H3. The molecule has 0 aliphatic heterocycles. The van der Waals surface area contributed by atoms with Crippen LogP contribution in [-0.2, 0) is 0 Å². The number of benzene rings is 1. The molecule has 0 aromatic heterocycles. The van der Waals surface area contributed by atoms with E-state index in [0.717, 1.165) is 32.2 Å². The van der Waals surface area contributed by atoms with Gasteiger partial charge in [-0.05, 0) is 26.7 Å². The van der Waals surface area contributed by atoms with Crippen LogP contribution >= 0.6 is 0 Å². The van der Waals surface area contributed by atoms with Crippen molar-refractivity contribution in [2.75, 3.05) is 24.2 Å². The Morgan fingerprint density at radius 3 is 2.60 bits per heavy atom. The molecule has 0 unspecified atom stereocenters. The molecule has 5 heteroatoms. The fourth-order valence-corrected chi connectivity index (χ4v) is 1.88. The second kappa shape index (κ2) is 8.64. The molecule has 0 aliphatic carbocycles. The van der Waals surface area contributed by atoms with Gasteiger partial charge in [-0.1, -0.05) is 12.8 Å². The van der Waals surface area contributed by atoms with Gasteiger partial charge in [0.05, 0.1) is 17.5 Å². The van der Waals surface area contributed by atoms with Crippen molar-refractivity contribution in [2.24, 2.45) is 0 Å². The van der Waals surface area contributed by atoms with E-state index in [9.17, 15) is 4.39 Å². The van der Waals surface area contributed by atoms with E-state index in [1.807, 2.05) is 13.8 Å². The second-order valence-corrected chi connectivity index (χ2v) is 5.10. The highest BCUT2D eigenvalue weighted by atomic mass is 19.1. The molecule has 0 radical (unpaired) electrons. The zero-order chi connectivity index (χ0) is 15.0. The van der Waals surface area contributed by atoms with Gasteiger partial charge < -0.3 is 20.9 Å². The van der Waals surface area contributed by atoms with Gasteiger partial charge in [0.15, 0.2) is 11.6 Å². The number of unbranched alkanes of at least 4 members (excludes halogenated alkanes) is 3. The molecule has 4 N–H and O–H groups in total. The number of hydrogen-bond acceptors (Lipinski definition) is 4. The van der Waals surface area contributed by atoms with E-state index in [1.165, 1.54) is 6.07 Å². The Morgan fingerprint density at radius 1 is 1.25 bits per heavy atom. The molecule has 0 spiro atoms. The minimum absolute atomic E-state index is 0.0838. The maximum absolute atomic E-state index is 13.7. The highest BCUT2D eigenvalue weighted by Gasteiger charge is 2.10. The molecule has 0 heterocycles. The molecule has 114 valence electrons. The lowest BCUT2D eigenvalue weighted by atomic mass is 10.2. The van der Waals surface area contributed by atoms with Crippen LogP contribution in [0.4, 0.5) is 15.8 Å². The largest absolute Gasteiger partial charge is 0.488 e. The van der Waals surface area contributed by atoms with E-state index in [-0.39, 0.29) is 18.5 Å². The quantitative estimate of drug-likeness (QED) is 0.481. The van der Waals surface area contributed by atoms with Gasteiger partial charge in [-0.2, -0.15) is 0 Å². The van der Waals surface area contributed by atoms with Crippen LogP contribution in [0.3, 0.4) is 0 Å². The molecule has 0 amide bonds. The van der Waals surface area contributed by atoms with Crippen molar-refractivity contribution in [3.8, 4) is 5.75 Å². The average Bonchev–Trinajstić information content (AvgIpc) is 2.38. The van der Waals surface area contributed by atoms with Crippen molar-refractivity contribution < 1.29 is 14.2 Å². The number of ether oxygens (including phenoxy) is 1. The molecule has 20 heavy (non-hydrogen) atoms. The van der Waals surface area contributed by atoms with E-state index in [0.29, 0.717) is 11.4 Å². The normalized spacial score (nSPS) is 10.8. The summed E-state index contributed by atoms with van der Waals surface area (Å²) in [5.41, 5.74) is 6.87. The summed E-state index contributed by atoms with van der Waals surface area (Å²) in [7, 11) is 0. The number of rotatable bonds is 9. The van der Waals surface area contributed by atoms with Crippen molar-refractivity contribution in [2.45, 2.75) is 45.6 Å². The van der Waals surface area contributed by atoms with Crippen LogP contribution in [0, 0.1) is 5.82 Å². The third kappa shape index (κ3) is 5.65. The van der Waals surface area contributed by atoms with Gasteiger partial charge in [0.25, 0.3) is 0 Å². The van der Waals surface area contributed by atoms with Gasteiger partial charge >= 0.3 is 0 Å². The molecular formula is C15H25FN2O2. The van der Waals surface area contributed by atoms with Crippen LogP contribution in [0.2, 0.25) is 0 Å². The maximum Gasteiger partial charge on any atom is 0.167 e. The van der Waals surface area contributed by atoms with Gasteiger partial charge in [0.2, 0.25) is 0 Å². The zero-order valence-electron chi connectivity index (χ0n) is 12.3. The summed E-state index contributed by atoms with van der Waals surface area (Å²) in [5.74, 6) is -0.221. The first kappa shape index (κ1) is 16.6. The first-order valence-corrected chi connectivity index (χ1v) is 7.15. The number of halogens is 1. The summed E-state index contributed by atoms with van der Waals surface area (Å²) in [4.78, 5) is 0. The lowest BCUT2D eigenvalue weighted by Crippen LogP contribution is -2.09.